The molecule has 0 spiro atoms. The average molecular weight is 322 g/mol. The van der Waals surface area contributed by atoms with E-state index in [1.807, 2.05) is 6.92 Å². The zero-order valence-corrected chi connectivity index (χ0v) is 14.5. The van der Waals surface area contributed by atoms with Gasteiger partial charge in [-0.3, -0.25) is 4.79 Å². The Bertz CT molecular complexity index is 497. The summed E-state index contributed by atoms with van der Waals surface area (Å²) < 4.78 is 5.34. The number of rotatable bonds is 10. The molecule has 130 valence electrons. The summed E-state index contributed by atoms with van der Waals surface area (Å²) in [6.07, 6.45) is 4.88. The first kappa shape index (κ1) is 19.1. The number of nitrogens with two attached hydrogens (primary N) is 1. The molecule has 0 fully saturated rings. The number of guanidine groups is 1. The molecule has 1 aromatic rings. The van der Waals surface area contributed by atoms with E-state index in [9.17, 15) is 4.79 Å². The molecule has 0 aromatic carbocycles. The highest BCUT2D eigenvalue weighted by Crippen LogP contribution is 2.11. The Morgan fingerprint density at radius 2 is 2.09 bits per heavy atom. The van der Waals surface area contributed by atoms with Crippen molar-refractivity contribution >= 4 is 11.9 Å². The van der Waals surface area contributed by atoms with Crippen LogP contribution < -0.4 is 16.4 Å². The molecule has 23 heavy (non-hydrogen) atoms. The zero-order valence-electron chi connectivity index (χ0n) is 14.5. The Balaban J connectivity index is 2.56. The van der Waals surface area contributed by atoms with Crippen LogP contribution in [0.5, 0.6) is 0 Å². The van der Waals surface area contributed by atoms with E-state index in [1.54, 1.807) is 12.1 Å². The molecule has 0 aliphatic heterocycles. The molecule has 6 nitrogen and oxygen atoms in total. The van der Waals surface area contributed by atoms with Crippen LogP contribution in [0.1, 0.15) is 62.8 Å². The highest BCUT2D eigenvalue weighted by molar-refractivity contribution is 5.89. The number of carbonyl (C=O) groups excluding carboxylic acids is 1. The molecular formula is C17H30N4O2. The molecule has 1 unspecified atom stereocenters. The van der Waals surface area contributed by atoms with Gasteiger partial charge in [0.2, 0.25) is 0 Å². The fourth-order valence-electron chi connectivity index (χ4n) is 2.28. The fraction of sp³-hybridized carbons (Fsp3) is 0.647. The first-order valence-corrected chi connectivity index (χ1v) is 8.51. The molecule has 0 bridgehead atoms. The summed E-state index contributed by atoms with van der Waals surface area (Å²) in [6.45, 7) is 8.54. The molecule has 4 N–H and O–H groups in total. The third-order valence-electron chi connectivity index (χ3n) is 3.74. The Labute approximate surface area is 138 Å². The molecule has 0 aliphatic rings. The van der Waals surface area contributed by atoms with E-state index in [0.717, 1.165) is 25.5 Å². The number of primary amides is 1. The molecule has 0 radical (unpaired) electrons. The second-order valence-corrected chi connectivity index (χ2v) is 5.62. The van der Waals surface area contributed by atoms with Gasteiger partial charge >= 0.3 is 0 Å². The largest absolute Gasteiger partial charge is 0.454 e. The number of nitrogens with one attached hydrogen (secondary N) is 2. The zero-order chi connectivity index (χ0) is 17.1. The Kier molecular flexibility index (Phi) is 8.87. The van der Waals surface area contributed by atoms with Crippen LogP contribution in [-0.4, -0.2) is 25.0 Å². The number of hydrogen-bond donors (Lipinski definition) is 3. The van der Waals surface area contributed by atoms with Gasteiger partial charge < -0.3 is 20.8 Å². The van der Waals surface area contributed by atoms with Crippen molar-refractivity contribution in [1.29, 1.82) is 0 Å². The van der Waals surface area contributed by atoms with Crippen LogP contribution in [0.2, 0.25) is 0 Å². The lowest BCUT2D eigenvalue weighted by atomic mass is 9.99. The molecule has 6 heteroatoms. The lowest BCUT2D eigenvalue weighted by Gasteiger charge is -2.17. The lowest BCUT2D eigenvalue weighted by Crippen LogP contribution is -2.39. The molecule has 1 atom stereocenters. The standard InChI is InChI=1S/C17H30N4O2/c1-4-7-8-13(5-2)11-20-17(19-6-3)21-12-14-9-10-15(23-14)16(18)22/h9-10,13H,4-8,11-12H2,1-3H3,(H2,18,22)(H2,19,20,21). The molecular weight excluding hydrogens is 292 g/mol. The average Bonchev–Trinajstić information content (AvgIpc) is 3.01. The maximum absolute atomic E-state index is 11.0. The highest BCUT2D eigenvalue weighted by atomic mass is 16.3. The predicted molar refractivity (Wildman–Crippen MR) is 93.4 cm³/mol. The van der Waals surface area contributed by atoms with Gasteiger partial charge in [-0.1, -0.05) is 33.1 Å². The number of carbonyl (C=O) groups is 1. The van der Waals surface area contributed by atoms with Crippen molar-refractivity contribution in [2.75, 3.05) is 13.1 Å². The number of amides is 1. The minimum atomic E-state index is -0.563. The van der Waals surface area contributed by atoms with Gasteiger partial charge in [0.15, 0.2) is 11.7 Å². The topological polar surface area (TPSA) is 92.6 Å². The van der Waals surface area contributed by atoms with Crippen molar-refractivity contribution in [3.05, 3.63) is 23.7 Å². The van der Waals surface area contributed by atoms with Crippen molar-refractivity contribution < 1.29 is 9.21 Å². The van der Waals surface area contributed by atoms with Crippen molar-refractivity contribution in [3.63, 3.8) is 0 Å². The Morgan fingerprint density at radius 1 is 1.30 bits per heavy atom. The summed E-state index contributed by atoms with van der Waals surface area (Å²) in [4.78, 5) is 15.5. The molecule has 0 saturated heterocycles. The minimum Gasteiger partial charge on any atom is -0.454 e. The number of furan rings is 1. The summed E-state index contributed by atoms with van der Waals surface area (Å²) >= 11 is 0. The van der Waals surface area contributed by atoms with Crippen LogP contribution in [0.25, 0.3) is 0 Å². The van der Waals surface area contributed by atoms with Crippen LogP contribution in [0.3, 0.4) is 0 Å². The molecule has 0 saturated carbocycles. The van der Waals surface area contributed by atoms with E-state index in [2.05, 4.69) is 29.5 Å². The van der Waals surface area contributed by atoms with Crippen LogP contribution in [-0.2, 0) is 6.54 Å². The smallest absolute Gasteiger partial charge is 0.284 e. The van der Waals surface area contributed by atoms with E-state index < -0.39 is 5.91 Å². The summed E-state index contributed by atoms with van der Waals surface area (Å²) in [6, 6.07) is 3.30. The fourth-order valence-corrected chi connectivity index (χ4v) is 2.28. The maximum atomic E-state index is 11.0. The van der Waals surface area contributed by atoms with E-state index >= 15 is 0 Å². The summed E-state index contributed by atoms with van der Waals surface area (Å²) in [5.41, 5.74) is 5.17. The second-order valence-electron chi connectivity index (χ2n) is 5.62. The molecule has 1 rings (SSSR count). The first-order chi connectivity index (χ1) is 11.1. The van der Waals surface area contributed by atoms with Gasteiger partial charge in [0, 0.05) is 13.1 Å². The number of hydrogen-bond acceptors (Lipinski definition) is 3. The van der Waals surface area contributed by atoms with Crippen molar-refractivity contribution in [2.45, 2.75) is 53.0 Å². The number of aliphatic imine (C=N–C) groups is 1. The second kappa shape index (κ2) is 10.7. The van der Waals surface area contributed by atoms with Gasteiger partial charge in [0.1, 0.15) is 12.3 Å². The monoisotopic (exact) mass is 322 g/mol. The number of unbranched alkanes of at least 4 members (excludes halogenated alkanes) is 1. The SMILES string of the molecule is CCCCC(CC)CNC(=NCc1ccc(C(N)=O)o1)NCC. The maximum Gasteiger partial charge on any atom is 0.284 e. The van der Waals surface area contributed by atoms with Crippen LogP contribution in [0.4, 0.5) is 0 Å². The molecule has 1 heterocycles. The Morgan fingerprint density at radius 3 is 2.65 bits per heavy atom. The quantitative estimate of drug-likeness (QED) is 0.456. The third kappa shape index (κ3) is 7.21. The lowest BCUT2D eigenvalue weighted by molar-refractivity contribution is 0.0972. The van der Waals surface area contributed by atoms with Gasteiger partial charge in [-0.25, -0.2) is 4.99 Å². The van der Waals surface area contributed by atoms with Crippen LogP contribution in [0, 0.1) is 5.92 Å². The first-order valence-electron chi connectivity index (χ1n) is 8.51. The minimum absolute atomic E-state index is 0.166. The molecule has 1 aromatic heterocycles. The van der Waals surface area contributed by atoms with Crippen LogP contribution in [0.15, 0.2) is 21.5 Å². The number of nitrogens with zero attached hydrogens (tertiary/aromatic N) is 1. The normalized spacial score (nSPS) is 12.9. The Hall–Kier alpha value is -1.98. The summed E-state index contributed by atoms with van der Waals surface area (Å²) in [5, 5.41) is 6.61. The molecule has 0 aliphatic carbocycles. The van der Waals surface area contributed by atoms with Crippen molar-refractivity contribution in [1.82, 2.24) is 10.6 Å². The van der Waals surface area contributed by atoms with Crippen LogP contribution >= 0.6 is 0 Å². The summed E-state index contributed by atoms with van der Waals surface area (Å²) in [7, 11) is 0. The van der Waals surface area contributed by atoms with E-state index in [-0.39, 0.29) is 5.76 Å². The highest BCUT2D eigenvalue weighted by Gasteiger charge is 2.09. The van der Waals surface area contributed by atoms with E-state index in [1.165, 1.54) is 19.3 Å². The van der Waals surface area contributed by atoms with Gasteiger partial charge in [-0.15, -0.1) is 0 Å². The van der Waals surface area contributed by atoms with Gasteiger partial charge in [-0.2, -0.15) is 0 Å². The predicted octanol–water partition coefficient (Wildman–Crippen LogP) is 2.65. The molecule has 1 amide bonds. The van der Waals surface area contributed by atoms with E-state index in [0.29, 0.717) is 18.2 Å². The van der Waals surface area contributed by atoms with Crippen molar-refractivity contribution in [2.24, 2.45) is 16.6 Å². The summed E-state index contributed by atoms with van der Waals surface area (Å²) in [5.74, 6) is 1.64. The van der Waals surface area contributed by atoms with Gasteiger partial charge in [-0.05, 0) is 31.4 Å². The van der Waals surface area contributed by atoms with Gasteiger partial charge in [0.25, 0.3) is 5.91 Å². The third-order valence-corrected chi connectivity index (χ3v) is 3.74. The van der Waals surface area contributed by atoms with E-state index in [4.69, 9.17) is 10.2 Å². The van der Waals surface area contributed by atoms with Gasteiger partial charge in [0.05, 0.1) is 0 Å². The van der Waals surface area contributed by atoms with Crippen molar-refractivity contribution in [3.8, 4) is 0 Å².